The largest absolute Gasteiger partial charge is 0.360 e. The van der Waals surface area contributed by atoms with E-state index in [9.17, 15) is 4.79 Å². The fourth-order valence-electron chi connectivity index (χ4n) is 3.17. The van der Waals surface area contributed by atoms with Crippen molar-refractivity contribution >= 4 is 35.1 Å². The standard InChI is InChI=1S/C18H17NO2S2/c1-22-18-12-23-15-10-6-5-9-14(15)19(18)17(20)16(18)21-11-13-7-3-2-4-8-13/h2-10,16H,11-12H2,1H3. The molecule has 0 aliphatic carbocycles. The van der Waals surface area contributed by atoms with E-state index in [-0.39, 0.29) is 16.9 Å². The maximum absolute atomic E-state index is 12.7. The van der Waals surface area contributed by atoms with Crippen molar-refractivity contribution < 1.29 is 9.53 Å². The predicted octanol–water partition coefficient (Wildman–Crippen LogP) is 3.78. The summed E-state index contributed by atoms with van der Waals surface area (Å²) >= 11 is 3.52. The van der Waals surface area contributed by atoms with Gasteiger partial charge >= 0.3 is 0 Å². The average Bonchev–Trinajstić information content (AvgIpc) is 2.61. The van der Waals surface area contributed by atoms with Gasteiger partial charge in [0.1, 0.15) is 4.87 Å². The molecule has 0 spiro atoms. The molecule has 3 nitrogen and oxygen atoms in total. The zero-order chi connectivity index (χ0) is 15.9. The van der Waals surface area contributed by atoms with Crippen LogP contribution in [0.5, 0.6) is 0 Å². The van der Waals surface area contributed by atoms with E-state index >= 15 is 0 Å². The second-order valence-electron chi connectivity index (χ2n) is 5.66. The fraction of sp³-hybridized carbons (Fsp3) is 0.278. The van der Waals surface area contributed by atoms with E-state index in [0.29, 0.717) is 6.61 Å². The molecule has 2 aliphatic rings. The van der Waals surface area contributed by atoms with Gasteiger partial charge in [0.25, 0.3) is 5.91 Å². The van der Waals surface area contributed by atoms with Crippen LogP contribution in [0, 0.1) is 0 Å². The van der Waals surface area contributed by atoms with Gasteiger partial charge in [-0.1, -0.05) is 42.5 Å². The monoisotopic (exact) mass is 343 g/mol. The summed E-state index contributed by atoms with van der Waals surface area (Å²) in [6.07, 6.45) is 1.69. The molecule has 2 aliphatic heterocycles. The van der Waals surface area contributed by atoms with Gasteiger partial charge in [-0.2, -0.15) is 0 Å². The Hall–Kier alpha value is -1.43. The van der Waals surface area contributed by atoms with E-state index < -0.39 is 0 Å². The third-order valence-corrected chi connectivity index (χ3v) is 7.06. The number of hydrogen-bond acceptors (Lipinski definition) is 4. The fourth-order valence-corrected chi connectivity index (χ4v) is 5.70. The first kappa shape index (κ1) is 15.1. The molecular formula is C18H17NO2S2. The lowest BCUT2D eigenvalue weighted by molar-refractivity contribution is -0.144. The Morgan fingerprint density at radius 3 is 2.74 bits per heavy atom. The van der Waals surface area contributed by atoms with Crippen molar-refractivity contribution in [3.8, 4) is 0 Å². The van der Waals surface area contributed by atoms with E-state index in [1.807, 2.05) is 65.2 Å². The maximum atomic E-state index is 12.7. The van der Waals surface area contributed by atoms with Gasteiger partial charge < -0.3 is 4.74 Å². The van der Waals surface area contributed by atoms with Gasteiger partial charge in [0, 0.05) is 10.6 Å². The molecule has 2 heterocycles. The topological polar surface area (TPSA) is 29.5 Å². The van der Waals surface area contributed by atoms with Gasteiger partial charge in [0.05, 0.1) is 12.3 Å². The highest BCUT2D eigenvalue weighted by molar-refractivity contribution is 8.04. The van der Waals surface area contributed by atoms with Crippen LogP contribution in [0.1, 0.15) is 5.56 Å². The first-order valence-corrected chi connectivity index (χ1v) is 9.74. The summed E-state index contributed by atoms with van der Waals surface area (Å²) in [5.41, 5.74) is 2.11. The molecule has 1 fully saturated rings. The highest BCUT2D eigenvalue weighted by atomic mass is 32.2. The number of rotatable bonds is 4. The molecule has 0 radical (unpaired) electrons. The number of benzene rings is 2. The summed E-state index contributed by atoms with van der Waals surface area (Å²) in [6, 6.07) is 18.1. The second-order valence-corrected chi connectivity index (χ2v) is 7.79. The molecule has 0 N–H and O–H groups in total. The van der Waals surface area contributed by atoms with Crippen molar-refractivity contribution in [2.45, 2.75) is 22.5 Å². The van der Waals surface area contributed by atoms with Crippen LogP contribution in [0.2, 0.25) is 0 Å². The lowest BCUT2D eigenvalue weighted by Crippen LogP contribution is -2.76. The van der Waals surface area contributed by atoms with Crippen molar-refractivity contribution in [1.29, 1.82) is 0 Å². The Bertz CT molecular complexity index is 737. The van der Waals surface area contributed by atoms with E-state index in [1.165, 1.54) is 4.90 Å². The van der Waals surface area contributed by atoms with Crippen LogP contribution in [0.4, 0.5) is 5.69 Å². The Morgan fingerprint density at radius 2 is 1.96 bits per heavy atom. The number of β-lactam (4-membered cyclic amide) rings is 1. The summed E-state index contributed by atoms with van der Waals surface area (Å²) in [6.45, 7) is 0.472. The van der Waals surface area contributed by atoms with Gasteiger partial charge in [-0.05, 0) is 24.0 Å². The van der Waals surface area contributed by atoms with Crippen LogP contribution in [0.3, 0.4) is 0 Å². The van der Waals surface area contributed by atoms with Crippen LogP contribution >= 0.6 is 23.5 Å². The lowest BCUT2D eigenvalue weighted by Gasteiger charge is -2.58. The Balaban J connectivity index is 1.58. The molecule has 1 saturated heterocycles. The number of para-hydroxylation sites is 1. The lowest BCUT2D eigenvalue weighted by atomic mass is 9.96. The first-order valence-electron chi connectivity index (χ1n) is 7.53. The van der Waals surface area contributed by atoms with Crippen LogP contribution in [0.15, 0.2) is 59.5 Å². The van der Waals surface area contributed by atoms with Gasteiger partial charge in [0.15, 0.2) is 6.10 Å². The van der Waals surface area contributed by atoms with Crippen LogP contribution < -0.4 is 4.90 Å². The molecule has 4 rings (SSSR count). The van der Waals surface area contributed by atoms with E-state index in [4.69, 9.17) is 4.74 Å². The third kappa shape index (κ3) is 2.30. The second kappa shape index (κ2) is 5.89. The Labute approximate surface area is 144 Å². The molecule has 23 heavy (non-hydrogen) atoms. The van der Waals surface area contributed by atoms with Gasteiger partial charge in [-0.15, -0.1) is 23.5 Å². The summed E-state index contributed by atoms with van der Waals surface area (Å²) < 4.78 is 6.03. The normalized spacial score (nSPS) is 25.5. The number of thioether (sulfide) groups is 2. The minimum absolute atomic E-state index is 0.0723. The molecule has 0 bridgehead atoms. The van der Waals surface area contributed by atoms with Crippen LogP contribution in [-0.2, 0) is 16.1 Å². The molecule has 5 heteroatoms. The molecule has 2 aromatic rings. The predicted molar refractivity (Wildman–Crippen MR) is 95.9 cm³/mol. The number of amides is 1. The highest BCUT2D eigenvalue weighted by Gasteiger charge is 2.63. The van der Waals surface area contributed by atoms with Crippen LogP contribution in [0.25, 0.3) is 0 Å². The zero-order valence-electron chi connectivity index (χ0n) is 12.8. The van der Waals surface area contributed by atoms with Crippen molar-refractivity contribution in [3.05, 3.63) is 60.2 Å². The summed E-state index contributed by atoms with van der Waals surface area (Å²) in [5, 5.41) is 0. The number of fused-ring (bicyclic) bond motifs is 3. The van der Waals surface area contributed by atoms with Crippen molar-refractivity contribution in [3.63, 3.8) is 0 Å². The van der Waals surface area contributed by atoms with Gasteiger partial charge in [-0.25, -0.2) is 0 Å². The van der Waals surface area contributed by atoms with E-state index in [2.05, 4.69) is 12.3 Å². The van der Waals surface area contributed by atoms with Crippen molar-refractivity contribution in [2.75, 3.05) is 16.9 Å². The molecule has 2 atom stereocenters. The summed E-state index contributed by atoms with van der Waals surface area (Å²) in [4.78, 5) is 15.5. The number of hydrogen-bond donors (Lipinski definition) is 0. The quantitative estimate of drug-likeness (QED) is 0.790. The first-order chi connectivity index (χ1) is 11.3. The minimum Gasteiger partial charge on any atom is -0.360 e. The molecule has 2 unspecified atom stereocenters. The molecule has 1 amide bonds. The van der Waals surface area contributed by atoms with E-state index in [0.717, 1.165) is 17.0 Å². The SMILES string of the molecule is CSC12CSc3ccccc3N1C(=O)C2OCc1ccccc1. The molecule has 0 aromatic heterocycles. The number of carbonyl (C=O) groups is 1. The highest BCUT2D eigenvalue weighted by Crippen LogP contribution is 2.54. The Morgan fingerprint density at radius 1 is 1.22 bits per heavy atom. The molecular weight excluding hydrogens is 326 g/mol. The van der Waals surface area contributed by atoms with E-state index in [1.54, 1.807) is 11.8 Å². The Kier molecular flexibility index (Phi) is 3.87. The maximum Gasteiger partial charge on any atom is 0.260 e. The zero-order valence-corrected chi connectivity index (χ0v) is 14.4. The number of nitrogens with zero attached hydrogens (tertiary/aromatic N) is 1. The molecule has 118 valence electrons. The number of anilines is 1. The molecule has 0 saturated carbocycles. The summed E-state index contributed by atoms with van der Waals surface area (Å²) in [7, 11) is 0. The van der Waals surface area contributed by atoms with Gasteiger partial charge in [-0.3, -0.25) is 9.69 Å². The smallest absolute Gasteiger partial charge is 0.260 e. The third-order valence-electron chi connectivity index (χ3n) is 4.39. The average molecular weight is 343 g/mol. The minimum atomic E-state index is -0.376. The molecule has 2 aromatic carbocycles. The number of carbonyl (C=O) groups excluding carboxylic acids is 1. The van der Waals surface area contributed by atoms with Crippen molar-refractivity contribution in [2.24, 2.45) is 0 Å². The number of ether oxygens (including phenoxy) is 1. The summed E-state index contributed by atoms with van der Waals surface area (Å²) in [5.74, 6) is 0.930. The van der Waals surface area contributed by atoms with Crippen molar-refractivity contribution in [1.82, 2.24) is 0 Å². The van der Waals surface area contributed by atoms with Gasteiger partial charge in [0.2, 0.25) is 0 Å². The van der Waals surface area contributed by atoms with Crippen LogP contribution in [-0.4, -0.2) is 28.9 Å².